The van der Waals surface area contributed by atoms with Crippen LogP contribution in [0.4, 0.5) is 0 Å². The number of hydrogen-bond acceptors (Lipinski definition) is 1. The molecule has 98 valence electrons. The van der Waals surface area contributed by atoms with Crippen LogP contribution in [-0.4, -0.2) is 9.76 Å². The fraction of sp³-hybridized carbons (Fsp3) is 0.176. The lowest BCUT2D eigenvalue weighted by molar-refractivity contribution is 0.221. The Kier molecular flexibility index (Phi) is 5.60. The van der Waals surface area contributed by atoms with Crippen molar-refractivity contribution in [3.8, 4) is 0 Å². The van der Waals surface area contributed by atoms with Gasteiger partial charge in [0.2, 0.25) is 0 Å². The molecule has 0 saturated heterocycles. The molecule has 1 unspecified atom stereocenters. The second-order valence-electron chi connectivity index (χ2n) is 4.49. The zero-order chi connectivity index (χ0) is 13.3. The molecule has 0 fully saturated rings. The third-order valence-corrected chi connectivity index (χ3v) is 4.32. The molecule has 2 aromatic rings. The smallest absolute Gasteiger partial charge is 0.185 e. The van der Waals surface area contributed by atoms with Crippen LogP contribution in [0.1, 0.15) is 24.2 Å². The van der Waals surface area contributed by atoms with Gasteiger partial charge in [-0.25, -0.2) is 0 Å². The van der Waals surface area contributed by atoms with Crippen LogP contribution in [0.3, 0.4) is 0 Å². The summed E-state index contributed by atoms with van der Waals surface area (Å²) in [7, 11) is -0.576. The highest BCUT2D eigenvalue weighted by Crippen LogP contribution is 2.21. The minimum absolute atomic E-state index is 0.173. The van der Waals surface area contributed by atoms with E-state index in [1.165, 1.54) is 11.1 Å². The lowest BCUT2D eigenvalue weighted by Gasteiger charge is -2.18. The average Bonchev–Trinajstić information content (AvgIpc) is 2.48. The molecular weight excluding hydrogens is 248 g/mol. The summed E-state index contributed by atoms with van der Waals surface area (Å²) in [6.07, 6.45) is 3.19. The quantitative estimate of drug-likeness (QED) is 0.727. The van der Waals surface area contributed by atoms with Crippen LogP contribution in [0.5, 0.6) is 0 Å². The molecule has 0 N–H and O–H groups in total. The first-order valence-corrected chi connectivity index (χ1v) is 8.11. The zero-order valence-electron chi connectivity index (χ0n) is 11.3. The maximum Gasteiger partial charge on any atom is 0.185 e. The first-order valence-electron chi connectivity index (χ1n) is 6.72. The molecule has 0 saturated carbocycles. The fourth-order valence-electron chi connectivity index (χ4n) is 2.04. The zero-order valence-corrected chi connectivity index (χ0v) is 12.7. The molecule has 0 spiro atoms. The highest BCUT2D eigenvalue weighted by atomic mass is 28.2. The molecule has 2 rings (SSSR count). The lowest BCUT2D eigenvalue weighted by atomic mass is 10.0. The van der Waals surface area contributed by atoms with Crippen molar-refractivity contribution in [3.05, 3.63) is 83.6 Å². The molecule has 1 atom stereocenters. The fourth-order valence-corrected chi connectivity index (χ4v) is 2.88. The monoisotopic (exact) mass is 268 g/mol. The largest absolute Gasteiger partial charge is 0.412 e. The van der Waals surface area contributed by atoms with Crippen molar-refractivity contribution in [2.24, 2.45) is 0 Å². The maximum atomic E-state index is 6.12. The Morgan fingerprint density at radius 1 is 1.00 bits per heavy atom. The molecule has 0 amide bonds. The average molecular weight is 268 g/mol. The van der Waals surface area contributed by atoms with Crippen molar-refractivity contribution in [3.63, 3.8) is 0 Å². The van der Waals surface area contributed by atoms with Crippen molar-refractivity contribution in [1.29, 1.82) is 0 Å². The highest BCUT2D eigenvalue weighted by Gasteiger charge is 2.11. The van der Waals surface area contributed by atoms with E-state index in [1.807, 2.05) is 13.0 Å². The Balaban J connectivity index is 2.10. The minimum Gasteiger partial charge on any atom is -0.412 e. The molecule has 0 radical (unpaired) electrons. The summed E-state index contributed by atoms with van der Waals surface area (Å²) in [5.41, 5.74) is 4.77. The summed E-state index contributed by atoms with van der Waals surface area (Å²) in [4.78, 5) is 0. The molecule has 2 heteroatoms. The van der Waals surface area contributed by atoms with E-state index < -0.39 is 9.76 Å². The summed E-state index contributed by atoms with van der Waals surface area (Å²) in [5, 5.41) is 0. The molecule has 0 aliphatic carbocycles. The molecule has 0 aliphatic heterocycles. The third kappa shape index (κ3) is 4.50. The Morgan fingerprint density at radius 3 is 2.26 bits per heavy atom. The molecule has 19 heavy (non-hydrogen) atoms. The second-order valence-corrected chi connectivity index (χ2v) is 5.63. The van der Waals surface area contributed by atoms with Crippen LogP contribution in [0.2, 0.25) is 0 Å². The summed E-state index contributed by atoms with van der Waals surface area (Å²) in [5.74, 6) is 0. The van der Waals surface area contributed by atoms with Crippen LogP contribution >= 0.6 is 0 Å². The Bertz CT molecular complexity index is 493. The van der Waals surface area contributed by atoms with Crippen molar-refractivity contribution in [1.82, 2.24) is 0 Å². The first-order chi connectivity index (χ1) is 9.40. The summed E-state index contributed by atoms with van der Waals surface area (Å²) >= 11 is 0. The van der Waals surface area contributed by atoms with Gasteiger partial charge in [0.15, 0.2) is 9.76 Å². The Hall–Kier alpha value is -1.64. The Morgan fingerprint density at radius 2 is 1.63 bits per heavy atom. The summed E-state index contributed by atoms with van der Waals surface area (Å²) < 4.78 is 6.12. The molecule has 0 heterocycles. The molecule has 2 aromatic carbocycles. The van der Waals surface area contributed by atoms with Gasteiger partial charge in [-0.2, -0.15) is 0 Å². The van der Waals surface area contributed by atoms with E-state index in [4.69, 9.17) is 4.43 Å². The lowest BCUT2D eigenvalue weighted by Crippen LogP contribution is -2.10. The molecule has 0 bridgehead atoms. The van der Waals surface area contributed by atoms with E-state index in [0.29, 0.717) is 0 Å². The van der Waals surface area contributed by atoms with Gasteiger partial charge in [-0.1, -0.05) is 72.4 Å². The van der Waals surface area contributed by atoms with Crippen molar-refractivity contribution < 1.29 is 4.43 Å². The van der Waals surface area contributed by atoms with Gasteiger partial charge in [0.05, 0.1) is 6.10 Å². The molecule has 0 aromatic heterocycles. The SMILES string of the molecule is CC=C[SiH2]OC(Cc1ccccc1)c1ccccc1. The van der Waals surface area contributed by atoms with E-state index in [0.717, 1.165) is 6.42 Å². The van der Waals surface area contributed by atoms with Crippen molar-refractivity contribution in [2.75, 3.05) is 0 Å². The number of rotatable bonds is 6. The van der Waals surface area contributed by atoms with Gasteiger partial charge >= 0.3 is 0 Å². The van der Waals surface area contributed by atoms with Crippen LogP contribution in [0.25, 0.3) is 0 Å². The third-order valence-electron chi connectivity index (χ3n) is 3.06. The van der Waals surface area contributed by atoms with E-state index >= 15 is 0 Å². The second kappa shape index (κ2) is 7.72. The molecular formula is C17H20OSi. The van der Waals surface area contributed by atoms with Gasteiger partial charge in [-0.3, -0.25) is 0 Å². The minimum atomic E-state index is -0.576. The standard InChI is InChI=1S/C17H20OSi/c1-2-13-19-18-17(16-11-7-4-8-12-16)14-15-9-5-3-6-10-15/h2-13,17H,14,19H2,1H3. The predicted molar refractivity (Wildman–Crippen MR) is 83.8 cm³/mol. The van der Waals surface area contributed by atoms with Crippen LogP contribution in [0.15, 0.2) is 72.4 Å². The van der Waals surface area contributed by atoms with Gasteiger partial charge < -0.3 is 4.43 Å². The van der Waals surface area contributed by atoms with E-state index in [-0.39, 0.29) is 6.10 Å². The van der Waals surface area contributed by atoms with E-state index in [9.17, 15) is 0 Å². The Labute approximate surface area is 117 Å². The van der Waals surface area contributed by atoms with Gasteiger partial charge in [-0.15, -0.1) is 0 Å². The molecule has 1 nitrogen and oxygen atoms in total. The van der Waals surface area contributed by atoms with Crippen LogP contribution < -0.4 is 0 Å². The number of hydrogen-bond donors (Lipinski definition) is 0. The number of allylic oxidation sites excluding steroid dienone is 1. The highest BCUT2D eigenvalue weighted by molar-refractivity contribution is 6.34. The van der Waals surface area contributed by atoms with Gasteiger partial charge in [0, 0.05) is 6.42 Å². The van der Waals surface area contributed by atoms with Crippen LogP contribution in [-0.2, 0) is 10.8 Å². The maximum absolute atomic E-state index is 6.12. The topological polar surface area (TPSA) is 9.23 Å². The van der Waals surface area contributed by atoms with Crippen LogP contribution in [0, 0.1) is 0 Å². The number of benzene rings is 2. The summed E-state index contributed by atoms with van der Waals surface area (Å²) in [6, 6.07) is 21.1. The van der Waals surface area contributed by atoms with Gasteiger partial charge in [0.1, 0.15) is 0 Å². The van der Waals surface area contributed by atoms with Crippen molar-refractivity contribution >= 4 is 9.76 Å². The first kappa shape index (κ1) is 13.8. The van der Waals surface area contributed by atoms with Gasteiger partial charge in [-0.05, 0) is 18.1 Å². The van der Waals surface area contributed by atoms with Gasteiger partial charge in [0.25, 0.3) is 0 Å². The van der Waals surface area contributed by atoms with E-state index in [1.54, 1.807) is 0 Å². The normalized spacial score (nSPS) is 13.3. The summed E-state index contributed by atoms with van der Waals surface area (Å²) in [6.45, 7) is 2.05. The van der Waals surface area contributed by atoms with E-state index in [2.05, 4.69) is 66.4 Å². The molecule has 0 aliphatic rings. The van der Waals surface area contributed by atoms with Crippen molar-refractivity contribution in [2.45, 2.75) is 19.4 Å². The predicted octanol–water partition coefficient (Wildman–Crippen LogP) is 3.60.